The van der Waals surface area contributed by atoms with Gasteiger partial charge in [-0.05, 0) is 31.4 Å². The molecular formula is C16H21NO3S. The second-order valence-electron chi connectivity index (χ2n) is 5.36. The Labute approximate surface area is 129 Å². The molecule has 2 heterocycles. The molecule has 0 aliphatic carbocycles. The molecule has 0 bridgehead atoms. The van der Waals surface area contributed by atoms with Gasteiger partial charge in [0.1, 0.15) is 0 Å². The Morgan fingerprint density at radius 3 is 2.71 bits per heavy atom. The molecule has 0 saturated carbocycles. The molecule has 0 N–H and O–H groups in total. The first-order valence-corrected chi connectivity index (χ1v) is 8.54. The zero-order chi connectivity index (χ0) is 14.5. The number of carbonyl (C=O) groups is 1. The van der Waals surface area contributed by atoms with E-state index in [4.69, 9.17) is 9.47 Å². The molecule has 4 nitrogen and oxygen atoms in total. The van der Waals surface area contributed by atoms with Gasteiger partial charge < -0.3 is 14.4 Å². The van der Waals surface area contributed by atoms with E-state index in [2.05, 4.69) is 0 Å². The smallest absolute Gasteiger partial charge is 0.233 e. The number of rotatable bonds is 4. The molecule has 5 heteroatoms. The quantitative estimate of drug-likeness (QED) is 0.801. The van der Waals surface area contributed by atoms with Crippen LogP contribution in [0.15, 0.2) is 35.2 Å². The van der Waals surface area contributed by atoms with E-state index in [0.717, 1.165) is 30.7 Å². The third kappa shape index (κ3) is 3.78. The Kier molecular flexibility index (Phi) is 5.17. The second-order valence-corrected chi connectivity index (χ2v) is 6.41. The molecule has 1 amide bonds. The summed E-state index contributed by atoms with van der Waals surface area (Å²) in [4.78, 5) is 15.6. The Hall–Kier alpha value is -1.04. The van der Waals surface area contributed by atoms with Crippen molar-refractivity contribution in [3.05, 3.63) is 30.3 Å². The number of ether oxygens (including phenoxy) is 2. The largest absolute Gasteiger partial charge is 0.348 e. The Bertz CT molecular complexity index is 462. The van der Waals surface area contributed by atoms with E-state index >= 15 is 0 Å². The number of thioether (sulfide) groups is 1. The summed E-state index contributed by atoms with van der Waals surface area (Å²) in [7, 11) is 0. The Morgan fingerprint density at radius 2 is 1.95 bits per heavy atom. The molecule has 3 rings (SSSR count). The van der Waals surface area contributed by atoms with Crippen LogP contribution in [-0.2, 0) is 14.3 Å². The maximum Gasteiger partial charge on any atom is 0.233 e. The van der Waals surface area contributed by atoms with E-state index in [1.807, 2.05) is 35.2 Å². The van der Waals surface area contributed by atoms with Gasteiger partial charge in [0.15, 0.2) is 6.29 Å². The molecule has 1 unspecified atom stereocenters. The van der Waals surface area contributed by atoms with Crippen LogP contribution in [0.1, 0.15) is 19.3 Å². The van der Waals surface area contributed by atoms with Crippen molar-refractivity contribution in [3.63, 3.8) is 0 Å². The van der Waals surface area contributed by atoms with Gasteiger partial charge in [-0.2, -0.15) is 0 Å². The van der Waals surface area contributed by atoms with Crippen LogP contribution < -0.4 is 0 Å². The summed E-state index contributed by atoms with van der Waals surface area (Å²) in [5.41, 5.74) is 0. The van der Waals surface area contributed by atoms with Crippen molar-refractivity contribution in [2.45, 2.75) is 36.5 Å². The van der Waals surface area contributed by atoms with Gasteiger partial charge in [0.25, 0.3) is 0 Å². The average Bonchev–Trinajstić information content (AvgIpc) is 3.08. The van der Waals surface area contributed by atoms with Gasteiger partial charge in [-0.3, -0.25) is 4.79 Å². The summed E-state index contributed by atoms with van der Waals surface area (Å²) >= 11 is 1.59. The van der Waals surface area contributed by atoms with Crippen LogP contribution in [-0.4, -0.2) is 48.7 Å². The highest BCUT2D eigenvalue weighted by molar-refractivity contribution is 8.00. The van der Waals surface area contributed by atoms with Gasteiger partial charge in [-0.1, -0.05) is 18.2 Å². The van der Waals surface area contributed by atoms with E-state index in [1.54, 1.807) is 11.8 Å². The number of hydrogen-bond donors (Lipinski definition) is 0. The molecule has 0 radical (unpaired) electrons. The molecule has 2 aliphatic rings. The number of piperidine rings is 1. The number of amides is 1. The molecular weight excluding hydrogens is 286 g/mol. The number of carbonyl (C=O) groups excluding carboxylic acids is 1. The predicted molar refractivity (Wildman–Crippen MR) is 82.2 cm³/mol. The highest BCUT2D eigenvalue weighted by Crippen LogP contribution is 2.26. The summed E-state index contributed by atoms with van der Waals surface area (Å²) in [6.07, 6.45) is 2.97. The van der Waals surface area contributed by atoms with E-state index in [-0.39, 0.29) is 18.2 Å². The molecule has 0 spiro atoms. The van der Waals surface area contributed by atoms with E-state index in [0.29, 0.717) is 19.0 Å². The third-order valence-electron chi connectivity index (χ3n) is 3.94. The predicted octanol–water partition coefficient (Wildman–Crippen LogP) is 2.53. The lowest BCUT2D eigenvalue weighted by Crippen LogP contribution is -2.50. The molecule has 1 aromatic rings. The molecule has 2 saturated heterocycles. The monoisotopic (exact) mass is 307 g/mol. The average molecular weight is 307 g/mol. The van der Waals surface area contributed by atoms with Crippen LogP contribution in [0.4, 0.5) is 0 Å². The van der Waals surface area contributed by atoms with Crippen molar-refractivity contribution in [1.82, 2.24) is 4.90 Å². The van der Waals surface area contributed by atoms with Crippen molar-refractivity contribution in [1.29, 1.82) is 0 Å². The molecule has 2 aliphatic heterocycles. The van der Waals surface area contributed by atoms with Crippen molar-refractivity contribution >= 4 is 17.7 Å². The highest BCUT2D eigenvalue weighted by Gasteiger charge is 2.35. The number of benzene rings is 1. The molecule has 1 aromatic carbocycles. The lowest BCUT2D eigenvalue weighted by Gasteiger charge is -2.38. The summed E-state index contributed by atoms with van der Waals surface area (Å²) in [5, 5.41) is 0. The van der Waals surface area contributed by atoms with Crippen LogP contribution in [0.3, 0.4) is 0 Å². The summed E-state index contributed by atoms with van der Waals surface area (Å²) in [6.45, 7) is 2.10. The van der Waals surface area contributed by atoms with Gasteiger partial charge in [-0.15, -0.1) is 11.8 Å². The minimum Gasteiger partial charge on any atom is -0.348 e. The molecule has 114 valence electrons. The number of likely N-dealkylation sites (tertiary alicyclic amines) is 1. The van der Waals surface area contributed by atoms with Crippen LogP contribution in [0, 0.1) is 0 Å². The number of nitrogens with zero attached hydrogens (tertiary/aromatic N) is 1. The Morgan fingerprint density at radius 1 is 1.19 bits per heavy atom. The van der Waals surface area contributed by atoms with Crippen molar-refractivity contribution in [2.24, 2.45) is 0 Å². The van der Waals surface area contributed by atoms with Crippen LogP contribution >= 0.6 is 11.8 Å². The molecule has 0 aromatic heterocycles. The normalized spacial score (nSPS) is 23.4. The molecule has 1 atom stereocenters. The van der Waals surface area contributed by atoms with Gasteiger partial charge in [0.2, 0.25) is 5.91 Å². The van der Waals surface area contributed by atoms with Crippen molar-refractivity contribution in [2.75, 3.05) is 25.5 Å². The standard InChI is InChI=1S/C16H21NO3S/c18-15(12-21-13-6-2-1-3-7-13)17-9-5-4-8-14(17)16-19-10-11-20-16/h1-3,6-7,14,16H,4-5,8-12H2. The summed E-state index contributed by atoms with van der Waals surface area (Å²) < 4.78 is 11.2. The van der Waals surface area contributed by atoms with Crippen LogP contribution in [0.25, 0.3) is 0 Å². The van der Waals surface area contributed by atoms with E-state index < -0.39 is 0 Å². The fourth-order valence-electron chi connectivity index (χ4n) is 2.89. The minimum absolute atomic E-state index is 0.0881. The molecule has 21 heavy (non-hydrogen) atoms. The maximum absolute atomic E-state index is 12.5. The summed E-state index contributed by atoms with van der Waals surface area (Å²) in [6, 6.07) is 10.1. The van der Waals surface area contributed by atoms with Crippen molar-refractivity contribution < 1.29 is 14.3 Å². The van der Waals surface area contributed by atoms with Gasteiger partial charge >= 0.3 is 0 Å². The summed E-state index contributed by atoms with van der Waals surface area (Å²) in [5.74, 6) is 0.667. The first kappa shape index (κ1) is 14.9. The van der Waals surface area contributed by atoms with Crippen LogP contribution in [0.2, 0.25) is 0 Å². The van der Waals surface area contributed by atoms with Gasteiger partial charge in [0, 0.05) is 11.4 Å². The fourth-order valence-corrected chi connectivity index (χ4v) is 3.70. The van der Waals surface area contributed by atoms with Gasteiger partial charge in [-0.25, -0.2) is 0 Å². The lowest BCUT2D eigenvalue weighted by atomic mass is 10.0. The highest BCUT2D eigenvalue weighted by atomic mass is 32.2. The second kappa shape index (κ2) is 7.29. The fraction of sp³-hybridized carbons (Fsp3) is 0.562. The topological polar surface area (TPSA) is 38.8 Å². The lowest BCUT2D eigenvalue weighted by molar-refractivity contribution is -0.148. The third-order valence-corrected chi connectivity index (χ3v) is 4.93. The minimum atomic E-state index is -0.226. The first-order valence-electron chi connectivity index (χ1n) is 7.55. The number of hydrogen-bond acceptors (Lipinski definition) is 4. The SMILES string of the molecule is O=C(CSc1ccccc1)N1CCCCC1C1OCCO1. The maximum atomic E-state index is 12.5. The zero-order valence-electron chi connectivity index (χ0n) is 12.1. The van der Waals surface area contributed by atoms with Crippen molar-refractivity contribution in [3.8, 4) is 0 Å². The van der Waals surface area contributed by atoms with Gasteiger partial charge in [0.05, 0.1) is 25.0 Å². The van der Waals surface area contributed by atoms with Crippen LogP contribution in [0.5, 0.6) is 0 Å². The Balaban J connectivity index is 1.58. The van der Waals surface area contributed by atoms with E-state index in [1.165, 1.54) is 0 Å². The van der Waals surface area contributed by atoms with E-state index in [9.17, 15) is 4.79 Å². The molecule has 2 fully saturated rings. The first-order chi connectivity index (χ1) is 10.3. The zero-order valence-corrected chi connectivity index (χ0v) is 12.9.